The van der Waals surface area contributed by atoms with Crippen molar-refractivity contribution in [3.63, 3.8) is 0 Å². The molecule has 0 unspecified atom stereocenters. The minimum atomic E-state index is -0.656. The van der Waals surface area contributed by atoms with Crippen molar-refractivity contribution in [3.05, 3.63) is 112 Å². The highest BCUT2D eigenvalue weighted by molar-refractivity contribution is 6.30. The summed E-state index contributed by atoms with van der Waals surface area (Å²) in [6, 6.07) is 20.1. The molecular formula is C25H18ClFN4O. The number of fused-ring (bicyclic) bond motifs is 3. The largest absolute Gasteiger partial charge is 0.480 e. The number of ether oxygens (including phenoxy) is 1. The molecule has 7 heteroatoms. The molecule has 0 fully saturated rings. The van der Waals surface area contributed by atoms with Gasteiger partial charge in [-0.05, 0) is 36.8 Å². The number of aromatic nitrogens is 3. The molecule has 2 aliphatic heterocycles. The summed E-state index contributed by atoms with van der Waals surface area (Å²) >= 11 is 6.34. The first kappa shape index (κ1) is 19.1. The Bertz CT molecular complexity index is 1380. The molecule has 1 aromatic heterocycles. The lowest BCUT2D eigenvalue weighted by Gasteiger charge is -2.39. The average Bonchev–Trinajstić information content (AvgIpc) is 3.27. The molecule has 0 saturated carbocycles. The van der Waals surface area contributed by atoms with E-state index in [4.69, 9.17) is 16.3 Å². The van der Waals surface area contributed by atoms with Crippen LogP contribution in [0.2, 0.25) is 5.02 Å². The van der Waals surface area contributed by atoms with E-state index in [0.717, 1.165) is 28.0 Å². The molecule has 0 amide bonds. The summed E-state index contributed by atoms with van der Waals surface area (Å²) < 4.78 is 23.3. The lowest BCUT2D eigenvalue weighted by molar-refractivity contribution is 0.218. The van der Waals surface area contributed by atoms with Crippen LogP contribution in [0, 0.1) is 12.7 Å². The topological polar surface area (TPSA) is 52.0 Å². The van der Waals surface area contributed by atoms with E-state index in [1.807, 2.05) is 29.8 Å². The molecule has 0 saturated heterocycles. The molecule has 32 heavy (non-hydrogen) atoms. The number of hydrogen-bond donors (Lipinski definition) is 1. The van der Waals surface area contributed by atoms with Gasteiger partial charge in [0.2, 0.25) is 5.95 Å². The number of rotatable bonds is 2. The third-order valence-electron chi connectivity index (χ3n) is 5.96. The Balaban J connectivity index is 1.65. The molecule has 4 aromatic rings. The predicted octanol–water partition coefficient (Wildman–Crippen LogP) is 5.94. The zero-order valence-corrected chi connectivity index (χ0v) is 17.8. The number of anilines is 1. The predicted molar refractivity (Wildman–Crippen MR) is 121 cm³/mol. The number of aryl methyl sites for hydroxylation is 1. The highest BCUT2D eigenvalue weighted by Gasteiger charge is 2.41. The second-order valence-electron chi connectivity index (χ2n) is 7.96. The Morgan fingerprint density at radius 1 is 1.06 bits per heavy atom. The normalized spacial score (nSPS) is 18.8. The Morgan fingerprint density at radius 3 is 2.69 bits per heavy atom. The maximum atomic E-state index is 15.0. The molecule has 6 rings (SSSR count). The van der Waals surface area contributed by atoms with Gasteiger partial charge in [-0.25, -0.2) is 9.07 Å². The molecular weight excluding hydrogens is 427 g/mol. The van der Waals surface area contributed by atoms with Crippen molar-refractivity contribution in [2.45, 2.75) is 19.1 Å². The van der Waals surface area contributed by atoms with E-state index < -0.39 is 6.10 Å². The standard InChI is InChI=1S/C25H18ClFN4O/c1-14-6-8-15(9-7-14)23-21-22(30-25-28-13-29-31(23)25)18-12-16(26)10-11-20(18)32-24(21)17-4-2-3-5-19(17)27/h2-13,23-24H,1H3,(H,28,29,30)/t23-,24-/m1/s1. The minimum Gasteiger partial charge on any atom is -0.480 e. The van der Waals surface area contributed by atoms with Gasteiger partial charge in [0.1, 0.15) is 23.9 Å². The van der Waals surface area contributed by atoms with Crippen LogP contribution in [0.5, 0.6) is 5.75 Å². The van der Waals surface area contributed by atoms with Crippen LogP contribution >= 0.6 is 11.6 Å². The van der Waals surface area contributed by atoms with E-state index >= 15 is 4.39 Å². The molecule has 2 aliphatic rings. The van der Waals surface area contributed by atoms with Gasteiger partial charge in [0.25, 0.3) is 0 Å². The minimum absolute atomic E-state index is 0.325. The second kappa shape index (κ2) is 7.21. The first-order valence-corrected chi connectivity index (χ1v) is 10.7. The third-order valence-corrected chi connectivity index (χ3v) is 6.19. The van der Waals surface area contributed by atoms with Gasteiger partial charge < -0.3 is 10.1 Å². The van der Waals surface area contributed by atoms with Crippen LogP contribution in [-0.2, 0) is 0 Å². The summed E-state index contributed by atoms with van der Waals surface area (Å²) in [7, 11) is 0. The van der Waals surface area contributed by atoms with Crippen LogP contribution in [0.4, 0.5) is 10.3 Å². The summed E-state index contributed by atoms with van der Waals surface area (Å²) in [5, 5.41) is 8.47. The van der Waals surface area contributed by atoms with Crippen molar-refractivity contribution in [3.8, 4) is 5.75 Å². The van der Waals surface area contributed by atoms with E-state index in [1.165, 1.54) is 12.4 Å². The average molecular weight is 445 g/mol. The maximum absolute atomic E-state index is 15.0. The first-order chi connectivity index (χ1) is 15.6. The van der Waals surface area contributed by atoms with Crippen molar-refractivity contribution in [1.29, 1.82) is 0 Å². The maximum Gasteiger partial charge on any atom is 0.226 e. The van der Waals surface area contributed by atoms with Crippen LogP contribution < -0.4 is 10.1 Å². The van der Waals surface area contributed by atoms with Crippen LogP contribution in [0.15, 0.2) is 78.6 Å². The third kappa shape index (κ3) is 2.91. The summed E-state index contributed by atoms with van der Waals surface area (Å²) in [6.45, 7) is 2.04. The highest BCUT2D eigenvalue weighted by atomic mass is 35.5. The zero-order chi connectivity index (χ0) is 21.8. The van der Waals surface area contributed by atoms with Gasteiger partial charge in [0.05, 0.1) is 5.70 Å². The number of halogens is 2. The summed E-state index contributed by atoms with van der Waals surface area (Å²) in [5.74, 6) is 0.910. The van der Waals surface area contributed by atoms with E-state index in [2.05, 4.69) is 39.7 Å². The molecule has 0 spiro atoms. The molecule has 0 bridgehead atoms. The van der Waals surface area contributed by atoms with Crippen LogP contribution in [-0.4, -0.2) is 14.8 Å². The fraction of sp³-hybridized carbons (Fsp3) is 0.120. The molecule has 1 N–H and O–H groups in total. The molecule has 3 heterocycles. The van der Waals surface area contributed by atoms with Gasteiger partial charge in [-0.2, -0.15) is 10.1 Å². The summed E-state index contributed by atoms with van der Waals surface area (Å²) in [5.41, 5.74) is 5.10. The Kier molecular flexibility index (Phi) is 4.30. The Labute approximate surface area is 189 Å². The number of hydrogen-bond acceptors (Lipinski definition) is 4. The lowest BCUT2D eigenvalue weighted by atomic mass is 9.84. The summed E-state index contributed by atoms with van der Waals surface area (Å²) in [4.78, 5) is 4.41. The van der Waals surface area contributed by atoms with Crippen LogP contribution in [0.1, 0.15) is 34.4 Å². The van der Waals surface area contributed by atoms with E-state index in [9.17, 15) is 0 Å². The highest BCUT2D eigenvalue weighted by Crippen LogP contribution is 2.51. The molecule has 158 valence electrons. The monoisotopic (exact) mass is 444 g/mol. The fourth-order valence-corrected chi connectivity index (χ4v) is 4.63. The molecule has 0 radical (unpaired) electrons. The van der Waals surface area contributed by atoms with Gasteiger partial charge in [0.15, 0.2) is 6.10 Å². The van der Waals surface area contributed by atoms with Gasteiger partial charge >= 0.3 is 0 Å². The van der Waals surface area contributed by atoms with Crippen molar-refractivity contribution in [2.75, 3.05) is 5.32 Å². The molecule has 5 nitrogen and oxygen atoms in total. The molecule has 0 aliphatic carbocycles. The first-order valence-electron chi connectivity index (χ1n) is 10.3. The van der Waals surface area contributed by atoms with Crippen molar-refractivity contribution >= 4 is 23.2 Å². The van der Waals surface area contributed by atoms with Gasteiger partial charge in [-0.3, -0.25) is 0 Å². The van der Waals surface area contributed by atoms with Crippen molar-refractivity contribution < 1.29 is 9.13 Å². The van der Waals surface area contributed by atoms with Crippen LogP contribution in [0.25, 0.3) is 5.70 Å². The van der Waals surface area contributed by atoms with E-state index in [-0.39, 0.29) is 11.9 Å². The van der Waals surface area contributed by atoms with E-state index in [0.29, 0.717) is 22.3 Å². The van der Waals surface area contributed by atoms with E-state index in [1.54, 1.807) is 18.2 Å². The van der Waals surface area contributed by atoms with Crippen molar-refractivity contribution in [2.24, 2.45) is 0 Å². The number of benzene rings is 3. The smallest absolute Gasteiger partial charge is 0.226 e. The van der Waals surface area contributed by atoms with Crippen molar-refractivity contribution in [1.82, 2.24) is 14.8 Å². The quantitative estimate of drug-likeness (QED) is 0.415. The molecule has 3 aromatic carbocycles. The second-order valence-corrected chi connectivity index (χ2v) is 8.39. The van der Waals surface area contributed by atoms with Crippen LogP contribution in [0.3, 0.4) is 0 Å². The SMILES string of the molecule is Cc1ccc([C@@H]2C3=C(Nc4ncnn42)c2cc(Cl)ccc2O[C@@H]3c2ccccc2F)cc1. The molecule has 2 atom stereocenters. The number of nitrogens with zero attached hydrogens (tertiary/aromatic N) is 3. The Hall–Kier alpha value is -3.64. The fourth-order valence-electron chi connectivity index (χ4n) is 4.46. The zero-order valence-electron chi connectivity index (χ0n) is 17.1. The lowest BCUT2D eigenvalue weighted by Crippen LogP contribution is -2.32. The van der Waals surface area contributed by atoms with Gasteiger partial charge in [-0.1, -0.05) is 59.6 Å². The van der Waals surface area contributed by atoms with Gasteiger partial charge in [0, 0.05) is 21.7 Å². The summed E-state index contributed by atoms with van der Waals surface area (Å²) in [6.07, 6.45) is 0.857. The number of nitrogens with one attached hydrogen (secondary N) is 1. The van der Waals surface area contributed by atoms with Gasteiger partial charge in [-0.15, -0.1) is 0 Å². The Morgan fingerprint density at radius 2 is 1.88 bits per heavy atom.